The van der Waals surface area contributed by atoms with Crippen LogP contribution in [0.25, 0.3) is 10.9 Å². The fourth-order valence-corrected chi connectivity index (χ4v) is 2.52. The molecule has 3 rings (SSSR count). The number of nitrogens with two attached hydrogens (primary N) is 1. The third kappa shape index (κ3) is 2.32. The molecule has 4 nitrogen and oxygen atoms in total. The highest BCUT2D eigenvalue weighted by Crippen LogP contribution is 2.18. The predicted molar refractivity (Wildman–Crippen MR) is 84.7 cm³/mol. The van der Waals surface area contributed by atoms with E-state index in [0.717, 1.165) is 29.9 Å². The SMILES string of the molecule is Cn1ccnc1CCn1ccc2ccc(C(N)=S)cc21. The number of aryl methyl sites for hydroxylation is 3. The standard InChI is InChI=1S/C15H16N4S/c1-18-9-6-17-14(18)5-8-19-7-4-11-2-3-12(15(16)20)10-13(11)19/h2-4,6-7,9-10H,5,8H2,1H3,(H2,16,20). The molecule has 0 aliphatic heterocycles. The highest BCUT2D eigenvalue weighted by atomic mass is 32.1. The molecule has 0 aliphatic carbocycles. The fourth-order valence-electron chi connectivity index (χ4n) is 2.39. The van der Waals surface area contributed by atoms with Crippen molar-refractivity contribution < 1.29 is 0 Å². The van der Waals surface area contributed by atoms with E-state index in [4.69, 9.17) is 18.0 Å². The number of fused-ring (bicyclic) bond motifs is 1. The summed E-state index contributed by atoms with van der Waals surface area (Å²) in [6.07, 6.45) is 6.78. The van der Waals surface area contributed by atoms with Crippen molar-refractivity contribution in [1.82, 2.24) is 14.1 Å². The highest BCUT2D eigenvalue weighted by molar-refractivity contribution is 7.80. The molecule has 0 aliphatic rings. The van der Waals surface area contributed by atoms with Gasteiger partial charge in [0.1, 0.15) is 10.8 Å². The number of imidazole rings is 1. The van der Waals surface area contributed by atoms with Crippen LogP contribution in [0.1, 0.15) is 11.4 Å². The average Bonchev–Trinajstić information content (AvgIpc) is 3.02. The smallest absolute Gasteiger partial charge is 0.110 e. The van der Waals surface area contributed by atoms with Crippen molar-refractivity contribution in [2.75, 3.05) is 0 Å². The van der Waals surface area contributed by atoms with Crippen molar-refractivity contribution in [2.24, 2.45) is 12.8 Å². The Morgan fingerprint density at radius 3 is 2.85 bits per heavy atom. The van der Waals surface area contributed by atoms with Crippen LogP contribution >= 0.6 is 12.2 Å². The molecule has 2 aromatic heterocycles. The van der Waals surface area contributed by atoms with Crippen molar-refractivity contribution in [3.05, 3.63) is 54.2 Å². The van der Waals surface area contributed by atoms with Crippen LogP contribution in [0.5, 0.6) is 0 Å². The van der Waals surface area contributed by atoms with Crippen LogP contribution in [0.2, 0.25) is 0 Å². The van der Waals surface area contributed by atoms with Crippen LogP contribution in [0.4, 0.5) is 0 Å². The summed E-state index contributed by atoms with van der Waals surface area (Å²) in [4.78, 5) is 4.78. The summed E-state index contributed by atoms with van der Waals surface area (Å²) in [5, 5.41) is 1.20. The lowest BCUT2D eigenvalue weighted by Crippen LogP contribution is -2.09. The van der Waals surface area contributed by atoms with Crippen molar-refractivity contribution in [1.29, 1.82) is 0 Å². The van der Waals surface area contributed by atoms with E-state index in [9.17, 15) is 0 Å². The molecule has 102 valence electrons. The third-order valence-electron chi connectivity index (χ3n) is 3.56. The Balaban J connectivity index is 1.89. The molecule has 1 aromatic carbocycles. The molecule has 20 heavy (non-hydrogen) atoms. The second-order valence-electron chi connectivity index (χ2n) is 4.85. The van der Waals surface area contributed by atoms with Gasteiger partial charge in [-0.3, -0.25) is 0 Å². The maximum atomic E-state index is 5.70. The second-order valence-corrected chi connectivity index (χ2v) is 5.29. The van der Waals surface area contributed by atoms with E-state index in [1.165, 1.54) is 5.39 Å². The Morgan fingerprint density at radius 2 is 2.15 bits per heavy atom. The highest BCUT2D eigenvalue weighted by Gasteiger charge is 2.05. The number of hydrogen-bond acceptors (Lipinski definition) is 2. The lowest BCUT2D eigenvalue weighted by molar-refractivity contribution is 0.668. The van der Waals surface area contributed by atoms with Gasteiger partial charge < -0.3 is 14.9 Å². The zero-order valence-corrected chi connectivity index (χ0v) is 12.1. The molecule has 0 fully saturated rings. The van der Waals surface area contributed by atoms with Gasteiger partial charge in [0.2, 0.25) is 0 Å². The number of rotatable bonds is 4. The van der Waals surface area contributed by atoms with Gasteiger partial charge in [-0.1, -0.05) is 24.4 Å². The molecule has 3 aromatic rings. The van der Waals surface area contributed by atoms with Crippen LogP contribution in [-0.4, -0.2) is 19.1 Å². The van der Waals surface area contributed by atoms with Crippen molar-refractivity contribution in [2.45, 2.75) is 13.0 Å². The molecule has 2 heterocycles. The predicted octanol–water partition coefficient (Wildman–Crippen LogP) is 2.25. The molecule has 0 amide bonds. The van der Waals surface area contributed by atoms with Crippen molar-refractivity contribution >= 4 is 28.1 Å². The maximum absolute atomic E-state index is 5.70. The van der Waals surface area contributed by atoms with E-state index in [1.807, 2.05) is 30.1 Å². The lowest BCUT2D eigenvalue weighted by Gasteiger charge is -2.07. The van der Waals surface area contributed by atoms with Gasteiger partial charge in [0.25, 0.3) is 0 Å². The van der Waals surface area contributed by atoms with E-state index in [0.29, 0.717) is 4.99 Å². The normalized spacial score (nSPS) is 11.1. The summed E-state index contributed by atoms with van der Waals surface area (Å²) in [6, 6.07) is 8.18. The molecule has 5 heteroatoms. The molecular formula is C15H16N4S. The van der Waals surface area contributed by atoms with Crippen LogP contribution in [-0.2, 0) is 20.0 Å². The van der Waals surface area contributed by atoms with E-state index in [1.54, 1.807) is 0 Å². The Labute approximate surface area is 122 Å². The quantitative estimate of drug-likeness (QED) is 0.748. The molecule has 0 unspecified atom stereocenters. The van der Waals surface area contributed by atoms with E-state index < -0.39 is 0 Å². The van der Waals surface area contributed by atoms with Gasteiger partial charge in [0.15, 0.2) is 0 Å². The Kier molecular flexibility index (Phi) is 3.28. The number of benzene rings is 1. The van der Waals surface area contributed by atoms with Gasteiger partial charge >= 0.3 is 0 Å². The topological polar surface area (TPSA) is 48.8 Å². The molecular weight excluding hydrogens is 268 g/mol. The first-order valence-electron chi connectivity index (χ1n) is 6.50. The Bertz CT molecular complexity index is 769. The maximum Gasteiger partial charge on any atom is 0.110 e. The Hall–Kier alpha value is -2.14. The third-order valence-corrected chi connectivity index (χ3v) is 3.79. The fraction of sp³-hybridized carbons (Fsp3) is 0.200. The first-order valence-corrected chi connectivity index (χ1v) is 6.91. The minimum absolute atomic E-state index is 0.434. The summed E-state index contributed by atoms with van der Waals surface area (Å²) in [5.41, 5.74) is 7.77. The summed E-state index contributed by atoms with van der Waals surface area (Å²) in [6.45, 7) is 0.884. The molecule has 0 radical (unpaired) electrons. The number of aromatic nitrogens is 3. The van der Waals surface area contributed by atoms with Crippen LogP contribution < -0.4 is 5.73 Å². The van der Waals surface area contributed by atoms with E-state index in [-0.39, 0.29) is 0 Å². The van der Waals surface area contributed by atoms with Crippen LogP contribution in [0.15, 0.2) is 42.9 Å². The zero-order chi connectivity index (χ0) is 14.1. The summed E-state index contributed by atoms with van der Waals surface area (Å²) >= 11 is 5.04. The molecule has 0 atom stereocenters. The number of nitrogens with zero attached hydrogens (tertiary/aromatic N) is 3. The molecule has 0 saturated carbocycles. The molecule has 0 spiro atoms. The van der Waals surface area contributed by atoms with Gasteiger partial charge in [0, 0.05) is 49.7 Å². The van der Waals surface area contributed by atoms with Gasteiger partial charge in [0.05, 0.1) is 0 Å². The van der Waals surface area contributed by atoms with Crippen LogP contribution in [0.3, 0.4) is 0 Å². The van der Waals surface area contributed by atoms with Gasteiger partial charge in [-0.2, -0.15) is 0 Å². The number of thiocarbonyl (C=S) groups is 1. The van der Waals surface area contributed by atoms with Crippen molar-refractivity contribution in [3.8, 4) is 0 Å². The minimum atomic E-state index is 0.434. The van der Waals surface area contributed by atoms with Crippen LogP contribution in [0, 0.1) is 0 Å². The van der Waals surface area contributed by atoms with E-state index >= 15 is 0 Å². The zero-order valence-electron chi connectivity index (χ0n) is 11.3. The molecule has 0 saturated heterocycles. The van der Waals surface area contributed by atoms with E-state index in [2.05, 4.69) is 33.9 Å². The Morgan fingerprint density at radius 1 is 1.30 bits per heavy atom. The van der Waals surface area contributed by atoms with Gasteiger partial charge in [-0.05, 0) is 17.5 Å². The van der Waals surface area contributed by atoms with Gasteiger partial charge in [-0.15, -0.1) is 0 Å². The summed E-state index contributed by atoms with van der Waals surface area (Å²) in [7, 11) is 2.01. The minimum Gasteiger partial charge on any atom is -0.389 e. The average molecular weight is 284 g/mol. The summed E-state index contributed by atoms with van der Waals surface area (Å²) < 4.78 is 4.26. The van der Waals surface area contributed by atoms with Crippen molar-refractivity contribution in [3.63, 3.8) is 0 Å². The first kappa shape index (κ1) is 12.9. The summed E-state index contributed by atoms with van der Waals surface area (Å²) in [5.74, 6) is 1.08. The molecule has 2 N–H and O–H groups in total. The second kappa shape index (κ2) is 5.09. The largest absolute Gasteiger partial charge is 0.389 e. The van der Waals surface area contributed by atoms with Gasteiger partial charge in [-0.25, -0.2) is 4.98 Å². The number of hydrogen-bond donors (Lipinski definition) is 1. The first-order chi connectivity index (χ1) is 9.65. The monoisotopic (exact) mass is 284 g/mol. The lowest BCUT2D eigenvalue weighted by atomic mass is 10.1. The molecule has 0 bridgehead atoms.